The number of rotatable bonds is 5. The van der Waals surface area contributed by atoms with Gasteiger partial charge >= 0.3 is 5.69 Å². The molecule has 2 aromatic rings. The van der Waals surface area contributed by atoms with Gasteiger partial charge in [-0.15, -0.1) is 0 Å². The predicted octanol–water partition coefficient (Wildman–Crippen LogP) is 1.66. The lowest BCUT2D eigenvalue weighted by Gasteiger charge is -2.09. The number of hydrogen-bond acceptors (Lipinski definition) is 6. The van der Waals surface area contributed by atoms with Crippen molar-refractivity contribution in [1.82, 2.24) is 9.78 Å². The minimum atomic E-state index is -0.504. The number of benzene rings is 1. The van der Waals surface area contributed by atoms with Crippen LogP contribution in [-0.4, -0.2) is 33.2 Å². The van der Waals surface area contributed by atoms with E-state index >= 15 is 0 Å². The van der Waals surface area contributed by atoms with Crippen LogP contribution in [0.3, 0.4) is 0 Å². The van der Waals surface area contributed by atoms with Gasteiger partial charge in [-0.05, 0) is 23.8 Å². The second-order valence-corrected chi connectivity index (χ2v) is 3.97. The van der Waals surface area contributed by atoms with E-state index in [4.69, 9.17) is 9.94 Å². The molecule has 0 saturated heterocycles. The Morgan fingerprint density at radius 2 is 2.40 bits per heavy atom. The number of nitro groups is 1. The van der Waals surface area contributed by atoms with Crippen molar-refractivity contribution in [3.8, 4) is 5.75 Å². The summed E-state index contributed by atoms with van der Waals surface area (Å²) >= 11 is 0. The van der Waals surface area contributed by atoms with Gasteiger partial charge in [-0.3, -0.25) is 14.8 Å². The normalized spacial score (nSPS) is 10.8. The molecule has 0 saturated carbocycles. The molecule has 0 aliphatic rings. The average molecular weight is 276 g/mol. The van der Waals surface area contributed by atoms with E-state index in [1.807, 2.05) is 0 Å². The van der Waals surface area contributed by atoms with Crippen LogP contribution in [0.5, 0.6) is 5.75 Å². The zero-order valence-electron chi connectivity index (χ0n) is 10.6. The molecule has 8 nitrogen and oxygen atoms in total. The second-order valence-electron chi connectivity index (χ2n) is 3.97. The van der Waals surface area contributed by atoms with E-state index in [0.29, 0.717) is 17.9 Å². The molecule has 0 aliphatic carbocycles. The third kappa shape index (κ3) is 2.91. The van der Waals surface area contributed by atoms with Crippen LogP contribution < -0.4 is 4.74 Å². The number of oxime groups is 1. The van der Waals surface area contributed by atoms with Crippen LogP contribution >= 0.6 is 0 Å². The molecule has 1 aromatic carbocycles. The van der Waals surface area contributed by atoms with Crippen LogP contribution in [0.25, 0.3) is 0 Å². The third-order valence-corrected chi connectivity index (χ3v) is 2.67. The maximum Gasteiger partial charge on any atom is 0.307 e. The molecule has 0 atom stereocenters. The zero-order valence-corrected chi connectivity index (χ0v) is 10.6. The summed E-state index contributed by atoms with van der Waals surface area (Å²) in [5, 5.41) is 26.0. The molecule has 2 rings (SSSR count). The molecule has 0 unspecified atom stereocenters. The molecule has 0 aliphatic heterocycles. The monoisotopic (exact) mass is 276 g/mol. The first kappa shape index (κ1) is 13.5. The van der Waals surface area contributed by atoms with E-state index in [2.05, 4.69) is 10.3 Å². The smallest absolute Gasteiger partial charge is 0.307 e. The van der Waals surface area contributed by atoms with Crippen molar-refractivity contribution in [1.29, 1.82) is 0 Å². The maximum atomic E-state index is 10.6. The van der Waals surface area contributed by atoms with Gasteiger partial charge in [-0.2, -0.15) is 5.10 Å². The van der Waals surface area contributed by atoms with E-state index in [0.717, 1.165) is 5.56 Å². The van der Waals surface area contributed by atoms with Gasteiger partial charge in [0.25, 0.3) is 0 Å². The van der Waals surface area contributed by atoms with Gasteiger partial charge in [-0.25, -0.2) is 0 Å². The van der Waals surface area contributed by atoms with Crippen LogP contribution in [-0.2, 0) is 6.54 Å². The second kappa shape index (κ2) is 5.83. The molecule has 0 bridgehead atoms. The van der Waals surface area contributed by atoms with Gasteiger partial charge in [0.2, 0.25) is 0 Å². The first-order valence-electron chi connectivity index (χ1n) is 5.65. The van der Waals surface area contributed by atoms with E-state index < -0.39 is 4.92 Å². The third-order valence-electron chi connectivity index (χ3n) is 2.67. The SMILES string of the molecule is COc1ccc(/C=N/O)cc1Cn1cc([N+](=O)[O-])cn1. The maximum absolute atomic E-state index is 10.6. The van der Waals surface area contributed by atoms with Crippen molar-refractivity contribution in [2.75, 3.05) is 7.11 Å². The Balaban J connectivity index is 2.30. The fourth-order valence-electron chi connectivity index (χ4n) is 1.78. The Hall–Kier alpha value is -2.90. The van der Waals surface area contributed by atoms with E-state index in [9.17, 15) is 10.1 Å². The molecule has 0 amide bonds. The summed E-state index contributed by atoms with van der Waals surface area (Å²) in [6, 6.07) is 5.21. The van der Waals surface area contributed by atoms with Crippen molar-refractivity contribution in [3.05, 3.63) is 51.8 Å². The molecule has 104 valence electrons. The van der Waals surface area contributed by atoms with Crippen LogP contribution in [0.4, 0.5) is 5.69 Å². The molecule has 1 heterocycles. The van der Waals surface area contributed by atoms with Gasteiger partial charge in [0.1, 0.15) is 18.1 Å². The summed E-state index contributed by atoms with van der Waals surface area (Å²) in [5.41, 5.74) is 1.38. The number of methoxy groups -OCH3 is 1. The molecule has 1 aromatic heterocycles. The summed E-state index contributed by atoms with van der Waals surface area (Å²) in [7, 11) is 1.53. The highest BCUT2D eigenvalue weighted by atomic mass is 16.6. The van der Waals surface area contributed by atoms with Crippen LogP contribution in [0.15, 0.2) is 35.7 Å². The number of aromatic nitrogens is 2. The Morgan fingerprint density at radius 3 is 3.00 bits per heavy atom. The molecule has 1 N–H and O–H groups in total. The highest BCUT2D eigenvalue weighted by Crippen LogP contribution is 2.21. The van der Waals surface area contributed by atoms with Crippen molar-refractivity contribution >= 4 is 11.9 Å². The first-order chi connectivity index (χ1) is 9.63. The van der Waals surface area contributed by atoms with Crippen molar-refractivity contribution in [3.63, 3.8) is 0 Å². The summed E-state index contributed by atoms with van der Waals surface area (Å²) in [6.07, 6.45) is 3.81. The van der Waals surface area contributed by atoms with Gasteiger partial charge in [0.15, 0.2) is 0 Å². The molecule has 0 spiro atoms. The average Bonchev–Trinajstić information content (AvgIpc) is 2.88. The highest BCUT2D eigenvalue weighted by molar-refractivity contribution is 5.79. The largest absolute Gasteiger partial charge is 0.496 e. The van der Waals surface area contributed by atoms with Crippen LogP contribution in [0, 0.1) is 10.1 Å². The highest BCUT2D eigenvalue weighted by Gasteiger charge is 2.11. The molecule has 20 heavy (non-hydrogen) atoms. The summed E-state index contributed by atoms with van der Waals surface area (Å²) in [5.74, 6) is 0.623. The van der Waals surface area contributed by atoms with E-state index in [1.165, 1.54) is 30.4 Å². The van der Waals surface area contributed by atoms with Gasteiger partial charge in [-0.1, -0.05) is 5.16 Å². The van der Waals surface area contributed by atoms with Crippen molar-refractivity contribution in [2.24, 2.45) is 5.16 Å². The molecule has 0 radical (unpaired) electrons. The molecule has 8 heteroatoms. The molecule has 0 fully saturated rings. The lowest BCUT2D eigenvalue weighted by molar-refractivity contribution is -0.385. The standard InChI is InChI=1S/C12H12N4O4/c1-20-12-3-2-9(5-14-17)4-10(12)7-15-8-11(6-13-15)16(18)19/h2-6,8,17H,7H2,1H3/b14-5+. The van der Waals surface area contributed by atoms with Gasteiger partial charge < -0.3 is 9.94 Å². The Kier molecular flexibility index (Phi) is 3.94. The fourth-order valence-corrected chi connectivity index (χ4v) is 1.78. The number of ether oxygens (including phenoxy) is 1. The lowest BCUT2D eigenvalue weighted by Crippen LogP contribution is -2.03. The molecular weight excluding hydrogens is 264 g/mol. The Bertz CT molecular complexity index is 651. The summed E-state index contributed by atoms with van der Waals surface area (Å²) in [4.78, 5) is 10.1. The van der Waals surface area contributed by atoms with Crippen molar-refractivity contribution in [2.45, 2.75) is 6.54 Å². The zero-order chi connectivity index (χ0) is 14.5. The van der Waals surface area contributed by atoms with E-state index in [-0.39, 0.29) is 5.69 Å². The number of nitrogens with zero attached hydrogens (tertiary/aromatic N) is 4. The number of hydrogen-bond donors (Lipinski definition) is 1. The van der Waals surface area contributed by atoms with Crippen LogP contribution in [0.1, 0.15) is 11.1 Å². The molecular formula is C12H12N4O4. The quantitative estimate of drug-likeness (QED) is 0.387. The summed E-state index contributed by atoms with van der Waals surface area (Å²) in [6.45, 7) is 0.310. The Labute approximate surface area is 114 Å². The topological polar surface area (TPSA) is 103 Å². The van der Waals surface area contributed by atoms with Gasteiger partial charge in [0.05, 0.1) is 24.8 Å². The fraction of sp³-hybridized carbons (Fsp3) is 0.167. The van der Waals surface area contributed by atoms with Crippen molar-refractivity contribution < 1.29 is 14.9 Å². The van der Waals surface area contributed by atoms with E-state index in [1.54, 1.807) is 18.2 Å². The van der Waals surface area contributed by atoms with Crippen LogP contribution in [0.2, 0.25) is 0 Å². The minimum Gasteiger partial charge on any atom is -0.496 e. The predicted molar refractivity (Wildman–Crippen MR) is 70.4 cm³/mol. The minimum absolute atomic E-state index is 0.0722. The van der Waals surface area contributed by atoms with Gasteiger partial charge in [0, 0.05) is 5.56 Å². The Morgan fingerprint density at radius 1 is 1.60 bits per heavy atom. The first-order valence-corrected chi connectivity index (χ1v) is 5.65. The lowest BCUT2D eigenvalue weighted by atomic mass is 10.1. The summed E-state index contributed by atoms with van der Waals surface area (Å²) < 4.78 is 6.66.